The SMILES string of the molecule is Nc1cnn(CCOc2ccc3cc(Br)ccc3c2)c1. The molecule has 0 bridgehead atoms. The fourth-order valence-electron chi connectivity index (χ4n) is 2.04. The first-order chi connectivity index (χ1) is 9.70. The van der Waals surface area contributed by atoms with Gasteiger partial charge in [0.1, 0.15) is 12.4 Å². The third-order valence-electron chi connectivity index (χ3n) is 3.02. The maximum absolute atomic E-state index is 5.74. The Kier molecular flexibility index (Phi) is 3.60. The number of anilines is 1. The summed E-state index contributed by atoms with van der Waals surface area (Å²) >= 11 is 3.47. The first kappa shape index (κ1) is 13.0. The van der Waals surface area contributed by atoms with Gasteiger partial charge in [0.15, 0.2) is 0 Å². The van der Waals surface area contributed by atoms with Gasteiger partial charge in [0.2, 0.25) is 0 Å². The lowest BCUT2D eigenvalue weighted by Gasteiger charge is -2.07. The lowest BCUT2D eigenvalue weighted by Crippen LogP contribution is -2.08. The molecule has 0 radical (unpaired) electrons. The van der Waals surface area contributed by atoms with Crippen LogP contribution in [0.25, 0.3) is 10.8 Å². The largest absolute Gasteiger partial charge is 0.492 e. The molecule has 20 heavy (non-hydrogen) atoms. The van der Waals surface area contributed by atoms with Crippen LogP contribution in [-0.2, 0) is 6.54 Å². The molecule has 1 heterocycles. The van der Waals surface area contributed by atoms with Crippen molar-refractivity contribution < 1.29 is 4.74 Å². The summed E-state index contributed by atoms with van der Waals surface area (Å²) < 4.78 is 8.59. The van der Waals surface area contributed by atoms with Crippen molar-refractivity contribution in [2.45, 2.75) is 6.54 Å². The number of nitrogen functional groups attached to an aromatic ring is 1. The Balaban J connectivity index is 1.67. The van der Waals surface area contributed by atoms with Crippen molar-refractivity contribution in [3.8, 4) is 5.75 Å². The molecular formula is C15H14BrN3O. The molecule has 0 amide bonds. The Morgan fingerprint density at radius 2 is 1.95 bits per heavy atom. The molecule has 0 spiro atoms. The fourth-order valence-corrected chi connectivity index (χ4v) is 2.42. The summed E-state index contributed by atoms with van der Waals surface area (Å²) in [5.41, 5.74) is 6.28. The highest BCUT2D eigenvalue weighted by Gasteiger charge is 2.00. The zero-order valence-electron chi connectivity index (χ0n) is 10.8. The lowest BCUT2D eigenvalue weighted by molar-refractivity contribution is 0.291. The molecule has 0 unspecified atom stereocenters. The summed E-state index contributed by atoms with van der Waals surface area (Å²) in [6.45, 7) is 1.23. The second kappa shape index (κ2) is 5.54. The van der Waals surface area contributed by atoms with Crippen molar-refractivity contribution in [1.29, 1.82) is 0 Å². The Morgan fingerprint density at radius 1 is 1.15 bits per heavy atom. The van der Waals surface area contributed by atoms with Crippen molar-refractivity contribution in [2.75, 3.05) is 12.3 Å². The Bertz CT molecular complexity index is 739. The van der Waals surface area contributed by atoms with Crippen LogP contribution in [0, 0.1) is 0 Å². The van der Waals surface area contributed by atoms with E-state index in [9.17, 15) is 0 Å². The second-order valence-electron chi connectivity index (χ2n) is 4.54. The lowest BCUT2D eigenvalue weighted by atomic mass is 10.1. The number of fused-ring (bicyclic) bond motifs is 1. The van der Waals surface area contributed by atoms with Crippen molar-refractivity contribution in [3.05, 3.63) is 53.3 Å². The highest BCUT2D eigenvalue weighted by molar-refractivity contribution is 9.10. The minimum Gasteiger partial charge on any atom is -0.492 e. The van der Waals surface area contributed by atoms with E-state index in [1.54, 1.807) is 17.1 Å². The first-order valence-corrected chi connectivity index (χ1v) is 7.10. The van der Waals surface area contributed by atoms with Gasteiger partial charge >= 0.3 is 0 Å². The maximum atomic E-state index is 5.74. The molecule has 0 aliphatic carbocycles. The predicted octanol–water partition coefficient (Wildman–Crippen LogP) is 3.46. The van der Waals surface area contributed by atoms with Crippen LogP contribution in [-0.4, -0.2) is 16.4 Å². The number of nitrogens with two attached hydrogens (primary N) is 1. The Hall–Kier alpha value is -2.01. The fraction of sp³-hybridized carbons (Fsp3) is 0.133. The molecule has 0 aliphatic rings. The molecule has 3 rings (SSSR count). The monoisotopic (exact) mass is 331 g/mol. The number of benzene rings is 2. The maximum Gasteiger partial charge on any atom is 0.120 e. The van der Waals surface area contributed by atoms with Crippen LogP contribution in [0.2, 0.25) is 0 Å². The molecular weight excluding hydrogens is 318 g/mol. The molecule has 2 N–H and O–H groups in total. The molecule has 5 heteroatoms. The van der Waals surface area contributed by atoms with Gasteiger partial charge in [-0.2, -0.15) is 5.10 Å². The van der Waals surface area contributed by atoms with E-state index in [1.807, 2.05) is 18.2 Å². The van der Waals surface area contributed by atoms with Gasteiger partial charge in [-0.05, 0) is 35.0 Å². The third-order valence-corrected chi connectivity index (χ3v) is 3.51. The van der Waals surface area contributed by atoms with Gasteiger partial charge < -0.3 is 10.5 Å². The highest BCUT2D eigenvalue weighted by Crippen LogP contribution is 2.24. The van der Waals surface area contributed by atoms with E-state index in [2.05, 4.69) is 39.2 Å². The number of nitrogens with zero attached hydrogens (tertiary/aromatic N) is 2. The molecule has 0 atom stereocenters. The average molecular weight is 332 g/mol. The molecule has 0 aliphatic heterocycles. The number of halogens is 1. The molecule has 2 aromatic carbocycles. The van der Waals surface area contributed by atoms with Crippen LogP contribution in [0.15, 0.2) is 53.3 Å². The van der Waals surface area contributed by atoms with Gasteiger partial charge in [-0.3, -0.25) is 4.68 Å². The summed E-state index contributed by atoms with van der Waals surface area (Å²) in [7, 11) is 0. The topological polar surface area (TPSA) is 53.1 Å². The average Bonchev–Trinajstić information content (AvgIpc) is 2.85. The van der Waals surface area contributed by atoms with Gasteiger partial charge in [-0.15, -0.1) is 0 Å². The van der Waals surface area contributed by atoms with E-state index in [-0.39, 0.29) is 0 Å². The van der Waals surface area contributed by atoms with E-state index < -0.39 is 0 Å². The predicted molar refractivity (Wildman–Crippen MR) is 83.8 cm³/mol. The van der Waals surface area contributed by atoms with Crippen LogP contribution in [0.3, 0.4) is 0 Å². The zero-order valence-corrected chi connectivity index (χ0v) is 12.4. The highest BCUT2D eigenvalue weighted by atomic mass is 79.9. The molecule has 0 saturated carbocycles. The number of ether oxygens (including phenoxy) is 1. The minimum atomic E-state index is 0.559. The quantitative estimate of drug-likeness (QED) is 0.796. The Morgan fingerprint density at radius 3 is 2.75 bits per heavy atom. The van der Waals surface area contributed by atoms with Crippen molar-refractivity contribution in [3.63, 3.8) is 0 Å². The minimum absolute atomic E-state index is 0.559. The van der Waals surface area contributed by atoms with Crippen LogP contribution < -0.4 is 10.5 Å². The molecule has 102 valence electrons. The van der Waals surface area contributed by atoms with Crippen molar-refractivity contribution in [2.24, 2.45) is 0 Å². The van der Waals surface area contributed by atoms with Gasteiger partial charge in [-0.1, -0.05) is 28.1 Å². The van der Waals surface area contributed by atoms with E-state index >= 15 is 0 Å². The molecule has 4 nitrogen and oxygen atoms in total. The standard InChI is InChI=1S/C15H14BrN3O/c16-13-3-1-12-8-15(4-2-11(12)7-13)20-6-5-19-10-14(17)9-18-19/h1-4,7-10H,5-6,17H2. The van der Waals surface area contributed by atoms with Crippen LogP contribution in [0.4, 0.5) is 5.69 Å². The third kappa shape index (κ3) is 2.93. The van der Waals surface area contributed by atoms with E-state index in [0.717, 1.165) is 15.6 Å². The van der Waals surface area contributed by atoms with E-state index in [0.29, 0.717) is 18.8 Å². The number of aromatic nitrogens is 2. The number of rotatable bonds is 4. The molecule has 0 fully saturated rings. The Labute approximate surface area is 125 Å². The van der Waals surface area contributed by atoms with E-state index in [1.165, 1.54) is 5.39 Å². The van der Waals surface area contributed by atoms with Crippen LogP contribution in [0.5, 0.6) is 5.75 Å². The zero-order chi connectivity index (χ0) is 13.9. The molecule has 3 aromatic rings. The number of hydrogen-bond acceptors (Lipinski definition) is 3. The smallest absolute Gasteiger partial charge is 0.120 e. The van der Waals surface area contributed by atoms with E-state index in [4.69, 9.17) is 10.5 Å². The summed E-state index contributed by atoms with van der Waals surface area (Å²) in [5, 5.41) is 6.46. The number of hydrogen-bond donors (Lipinski definition) is 1. The normalized spacial score (nSPS) is 10.8. The van der Waals surface area contributed by atoms with Gasteiger partial charge in [-0.25, -0.2) is 0 Å². The van der Waals surface area contributed by atoms with Crippen molar-refractivity contribution >= 4 is 32.4 Å². The second-order valence-corrected chi connectivity index (χ2v) is 5.45. The van der Waals surface area contributed by atoms with Gasteiger partial charge in [0, 0.05) is 10.7 Å². The summed E-state index contributed by atoms with van der Waals surface area (Å²) in [6, 6.07) is 12.3. The van der Waals surface area contributed by atoms with Crippen LogP contribution >= 0.6 is 15.9 Å². The first-order valence-electron chi connectivity index (χ1n) is 6.31. The summed E-state index contributed by atoms with van der Waals surface area (Å²) in [4.78, 5) is 0. The van der Waals surface area contributed by atoms with Crippen molar-refractivity contribution in [1.82, 2.24) is 9.78 Å². The summed E-state index contributed by atoms with van der Waals surface area (Å²) in [5.74, 6) is 0.861. The molecule has 0 saturated heterocycles. The van der Waals surface area contributed by atoms with Gasteiger partial charge in [0.05, 0.1) is 18.4 Å². The molecule has 1 aromatic heterocycles. The summed E-state index contributed by atoms with van der Waals surface area (Å²) in [6.07, 6.45) is 3.43. The van der Waals surface area contributed by atoms with Gasteiger partial charge in [0.25, 0.3) is 0 Å². The van der Waals surface area contributed by atoms with Crippen LogP contribution in [0.1, 0.15) is 0 Å².